The fourth-order valence-corrected chi connectivity index (χ4v) is 2.22. The van der Waals surface area contributed by atoms with E-state index >= 15 is 0 Å². The average Bonchev–Trinajstić information content (AvgIpc) is 2.79. The van der Waals surface area contributed by atoms with Crippen LogP contribution in [0.1, 0.15) is 11.4 Å². The van der Waals surface area contributed by atoms with Crippen LogP contribution in [0.4, 0.5) is 0 Å². The lowest BCUT2D eigenvalue weighted by molar-refractivity contribution is 0.0382. The first-order chi connectivity index (χ1) is 8.81. The zero-order valence-electron chi connectivity index (χ0n) is 10.7. The lowest BCUT2D eigenvalue weighted by atomic mass is 10.3. The maximum atomic E-state index is 5.34. The maximum Gasteiger partial charge on any atom is 0.155 e. The minimum absolute atomic E-state index is 0.845. The van der Waals surface area contributed by atoms with Gasteiger partial charge in [0.1, 0.15) is 0 Å². The Morgan fingerprint density at radius 1 is 1.33 bits per heavy atom. The molecular formula is C13H18N4O. The summed E-state index contributed by atoms with van der Waals surface area (Å²) < 4.78 is 7.18. The van der Waals surface area contributed by atoms with E-state index in [4.69, 9.17) is 4.74 Å². The summed E-state index contributed by atoms with van der Waals surface area (Å²) in [6.07, 6.45) is 2.87. The Bertz CT molecular complexity index is 531. The molecule has 0 saturated carbocycles. The van der Waals surface area contributed by atoms with Crippen LogP contribution in [0.5, 0.6) is 0 Å². The summed E-state index contributed by atoms with van der Waals surface area (Å²) in [5.41, 5.74) is 2.15. The number of hydrogen-bond donors (Lipinski definition) is 0. The van der Waals surface area contributed by atoms with Crippen molar-refractivity contribution in [2.24, 2.45) is 0 Å². The fraction of sp³-hybridized carbons (Fsp3) is 0.538. The van der Waals surface area contributed by atoms with Crippen molar-refractivity contribution in [1.29, 1.82) is 0 Å². The second-order valence-corrected chi connectivity index (χ2v) is 4.74. The molecule has 96 valence electrons. The number of aromatic nitrogens is 3. The van der Waals surface area contributed by atoms with E-state index in [1.54, 1.807) is 0 Å². The van der Waals surface area contributed by atoms with Crippen LogP contribution in [0.3, 0.4) is 0 Å². The second kappa shape index (κ2) is 5.04. The van der Waals surface area contributed by atoms with E-state index in [0.717, 1.165) is 50.7 Å². The van der Waals surface area contributed by atoms with Gasteiger partial charge in [0.2, 0.25) is 0 Å². The zero-order chi connectivity index (χ0) is 12.4. The van der Waals surface area contributed by atoms with Crippen LogP contribution in [-0.4, -0.2) is 52.3 Å². The number of ether oxygens (including phenoxy) is 1. The zero-order valence-corrected chi connectivity index (χ0v) is 10.7. The van der Waals surface area contributed by atoms with E-state index in [2.05, 4.69) is 28.0 Å². The Kier molecular flexibility index (Phi) is 3.25. The summed E-state index contributed by atoms with van der Waals surface area (Å²) >= 11 is 0. The molecule has 18 heavy (non-hydrogen) atoms. The average molecular weight is 246 g/mol. The summed E-state index contributed by atoms with van der Waals surface area (Å²) in [5.74, 6) is 0.923. The van der Waals surface area contributed by atoms with Crippen LogP contribution in [0.2, 0.25) is 0 Å². The summed E-state index contributed by atoms with van der Waals surface area (Å²) in [6, 6.07) is 4.11. The molecule has 0 radical (unpaired) electrons. The van der Waals surface area contributed by atoms with E-state index < -0.39 is 0 Å². The summed E-state index contributed by atoms with van der Waals surface area (Å²) in [7, 11) is 0. The van der Waals surface area contributed by atoms with Crippen molar-refractivity contribution >= 4 is 5.65 Å². The highest BCUT2D eigenvalue weighted by Crippen LogP contribution is 2.06. The molecule has 1 fully saturated rings. The quantitative estimate of drug-likeness (QED) is 0.807. The van der Waals surface area contributed by atoms with Gasteiger partial charge in [-0.25, -0.2) is 9.50 Å². The fourth-order valence-electron chi connectivity index (χ4n) is 2.22. The molecule has 0 unspecified atom stereocenters. The van der Waals surface area contributed by atoms with Crippen LogP contribution in [0, 0.1) is 6.92 Å². The standard InChI is InChI=1S/C13H18N4O/c1-11-2-5-17-13(10-11)14-12(15-17)3-4-16-6-8-18-9-7-16/h2,5,10H,3-4,6-9H2,1H3. The van der Waals surface area contributed by atoms with E-state index in [1.807, 2.05) is 16.8 Å². The topological polar surface area (TPSA) is 42.7 Å². The van der Waals surface area contributed by atoms with Crippen molar-refractivity contribution < 1.29 is 4.74 Å². The number of aryl methyl sites for hydroxylation is 1. The number of morpholine rings is 1. The molecule has 2 aromatic heterocycles. The molecule has 1 saturated heterocycles. The molecule has 0 amide bonds. The van der Waals surface area contributed by atoms with E-state index in [0.29, 0.717) is 0 Å². The Morgan fingerprint density at radius 2 is 2.17 bits per heavy atom. The predicted octanol–water partition coefficient (Wildman–Crippen LogP) is 0.912. The third kappa shape index (κ3) is 2.52. The molecule has 3 rings (SSSR count). The van der Waals surface area contributed by atoms with Crippen molar-refractivity contribution in [3.63, 3.8) is 0 Å². The molecule has 2 aromatic rings. The summed E-state index contributed by atoms with van der Waals surface area (Å²) in [5, 5.41) is 4.49. The van der Waals surface area contributed by atoms with Crippen LogP contribution >= 0.6 is 0 Å². The Balaban J connectivity index is 1.67. The number of pyridine rings is 1. The first-order valence-corrected chi connectivity index (χ1v) is 6.43. The van der Waals surface area contributed by atoms with Gasteiger partial charge in [0.25, 0.3) is 0 Å². The Labute approximate surface area is 106 Å². The molecule has 1 aliphatic rings. The molecule has 0 aliphatic carbocycles. The minimum Gasteiger partial charge on any atom is -0.379 e. The highest BCUT2D eigenvalue weighted by Gasteiger charge is 2.11. The second-order valence-electron chi connectivity index (χ2n) is 4.74. The van der Waals surface area contributed by atoms with Crippen molar-refractivity contribution in [1.82, 2.24) is 19.5 Å². The van der Waals surface area contributed by atoms with Gasteiger partial charge >= 0.3 is 0 Å². The highest BCUT2D eigenvalue weighted by atomic mass is 16.5. The molecule has 0 N–H and O–H groups in total. The molecule has 5 heteroatoms. The van der Waals surface area contributed by atoms with Gasteiger partial charge in [0.05, 0.1) is 13.2 Å². The van der Waals surface area contributed by atoms with Crippen molar-refractivity contribution in [2.75, 3.05) is 32.8 Å². The van der Waals surface area contributed by atoms with Gasteiger partial charge in [-0.15, -0.1) is 0 Å². The third-order valence-corrected chi connectivity index (χ3v) is 3.29. The van der Waals surface area contributed by atoms with Crippen molar-refractivity contribution in [3.05, 3.63) is 29.7 Å². The van der Waals surface area contributed by atoms with Crippen LogP contribution in [0.15, 0.2) is 18.3 Å². The maximum absolute atomic E-state index is 5.34. The molecule has 0 atom stereocenters. The first-order valence-electron chi connectivity index (χ1n) is 6.43. The summed E-state index contributed by atoms with van der Waals surface area (Å²) in [6.45, 7) is 6.82. The smallest absolute Gasteiger partial charge is 0.155 e. The highest BCUT2D eigenvalue weighted by molar-refractivity contribution is 5.39. The first kappa shape index (κ1) is 11.6. The van der Waals surface area contributed by atoms with Crippen molar-refractivity contribution in [3.8, 4) is 0 Å². The van der Waals surface area contributed by atoms with E-state index in [9.17, 15) is 0 Å². The van der Waals surface area contributed by atoms with E-state index in [-0.39, 0.29) is 0 Å². The van der Waals surface area contributed by atoms with Crippen molar-refractivity contribution in [2.45, 2.75) is 13.3 Å². The van der Waals surface area contributed by atoms with E-state index in [1.165, 1.54) is 5.56 Å². The molecule has 0 spiro atoms. The molecule has 3 heterocycles. The number of hydrogen-bond acceptors (Lipinski definition) is 4. The van der Waals surface area contributed by atoms with Gasteiger partial charge in [-0.2, -0.15) is 5.10 Å². The normalized spacial score (nSPS) is 17.4. The Morgan fingerprint density at radius 3 is 3.00 bits per heavy atom. The molecular weight excluding hydrogens is 228 g/mol. The van der Waals surface area contributed by atoms with Crippen LogP contribution < -0.4 is 0 Å². The van der Waals surface area contributed by atoms with Gasteiger partial charge in [0.15, 0.2) is 11.5 Å². The predicted molar refractivity (Wildman–Crippen MR) is 68.7 cm³/mol. The van der Waals surface area contributed by atoms with Gasteiger partial charge in [0, 0.05) is 32.3 Å². The lowest BCUT2D eigenvalue weighted by Gasteiger charge is -2.25. The third-order valence-electron chi connectivity index (χ3n) is 3.29. The van der Waals surface area contributed by atoms with Gasteiger partial charge in [-0.05, 0) is 24.6 Å². The van der Waals surface area contributed by atoms with Crippen LogP contribution in [0.25, 0.3) is 5.65 Å². The number of fused-ring (bicyclic) bond motifs is 1. The largest absolute Gasteiger partial charge is 0.379 e. The van der Waals surface area contributed by atoms with Gasteiger partial charge < -0.3 is 4.74 Å². The van der Waals surface area contributed by atoms with Gasteiger partial charge in [-0.1, -0.05) is 0 Å². The van der Waals surface area contributed by atoms with Gasteiger partial charge in [-0.3, -0.25) is 4.90 Å². The number of nitrogens with zero attached hydrogens (tertiary/aromatic N) is 4. The molecule has 1 aliphatic heterocycles. The molecule has 5 nitrogen and oxygen atoms in total. The Hall–Kier alpha value is -1.46. The number of rotatable bonds is 3. The SMILES string of the molecule is Cc1ccn2nc(CCN3CCOCC3)nc2c1. The monoisotopic (exact) mass is 246 g/mol. The molecule has 0 bridgehead atoms. The molecule has 0 aromatic carbocycles. The van der Waals surface area contributed by atoms with Crippen LogP contribution in [-0.2, 0) is 11.2 Å². The minimum atomic E-state index is 0.845. The lowest BCUT2D eigenvalue weighted by Crippen LogP contribution is -2.37. The summed E-state index contributed by atoms with van der Waals surface area (Å²) in [4.78, 5) is 6.96.